The van der Waals surface area contributed by atoms with Crippen LogP contribution in [0, 0.1) is 0 Å². The van der Waals surface area contributed by atoms with Crippen molar-refractivity contribution >= 4 is 34.9 Å². The van der Waals surface area contributed by atoms with Gasteiger partial charge in [0.25, 0.3) is 0 Å². The van der Waals surface area contributed by atoms with Gasteiger partial charge in [0, 0.05) is 12.7 Å². The van der Waals surface area contributed by atoms with E-state index in [9.17, 15) is 0 Å². The molecule has 0 amide bonds. The molecule has 5 nitrogen and oxygen atoms in total. The van der Waals surface area contributed by atoms with E-state index in [1.165, 1.54) is 0 Å². The largest absolute Gasteiger partial charge is 0.323 e. The lowest BCUT2D eigenvalue weighted by Crippen LogP contribution is -2.31. The Labute approximate surface area is 169 Å². The second kappa shape index (κ2) is 7.56. The van der Waals surface area contributed by atoms with Crippen LogP contribution in [-0.2, 0) is 6.54 Å². The highest BCUT2D eigenvalue weighted by molar-refractivity contribution is 8.02. The lowest BCUT2D eigenvalue weighted by molar-refractivity contribution is 0.623. The van der Waals surface area contributed by atoms with Crippen LogP contribution >= 0.6 is 11.8 Å². The molecule has 0 radical (unpaired) electrons. The molecule has 1 aromatic heterocycles. The average Bonchev–Trinajstić information content (AvgIpc) is 3.26. The number of allylic oxidation sites excluding steroid dienone is 3. The van der Waals surface area contributed by atoms with Gasteiger partial charge in [-0.15, -0.1) is 0 Å². The molecule has 0 unspecified atom stereocenters. The summed E-state index contributed by atoms with van der Waals surface area (Å²) in [6.07, 6.45) is 6.82. The molecule has 3 heterocycles. The van der Waals surface area contributed by atoms with Crippen LogP contribution in [0.15, 0.2) is 76.9 Å². The molecule has 1 aromatic carbocycles. The van der Waals surface area contributed by atoms with E-state index in [0.29, 0.717) is 0 Å². The summed E-state index contributed by atoms with van der Waals surface area (Å²) in [5.41, 5.74) is 3.79. The van der Waals surface area contributed by atoms with E-state index in [-0.39, 0.29) is 0 Å². The topological polar surface area (TPSA) is 45.5 Å². The second-order valence-electron chi connectivity index (χ2n) is 6.62. The van der Waals surface area contributed by atoms with Crippen LogP contribution in [-0.4, -0.2) is 20.4 Å². The monoisotopic (exact) mass is 389 g/mol. The minimum Gasteiger partial charge on any atom is -0.323 e. The predicted molar refractivity (Wildman–Crippen MR) is 118 cm³/mol. The van der Waals surface area contributed by atoms with E-state index in [0.717, 1.165) is 57.5 Å². The Bertz CT molecular complexity index is 1030. The van der Waals surface area contributed by atoms with Gasteiger partial charge < -0.3 is 9.88 Å². The maximum absolute atomic E-state index is 4.89. The van der Waals surface area contributed by atoms with Gasteiger partial charge in [0.05, 0.1) is 11.4 Å². The van der Waals surface area contributed by atoms with Crippen LogP contribution in [0.3, 0.4) is 0 Å². The summed E-state index contributed by atoms with van der Waals surface area (Å²) < 4.78 is 2.18. The number of nitrogens with zero attached hydrogens (tertiary/aromatic N) is 4. The van der Waals surface area contributed by atoms with E-state index in [1.54, 1.807) is 17.8 Å². The normalized spacial score (nSPS) is 15.6. The third-order valence-corrected chi connectivity index (χ3v) is 5.50. The zero-order valence-corrected chi connectivity index (χ0v) is 17.0. The van der Waals surface area contributed by atoms with E-state index in [2.05, 4.69) is 49.0 Å². The number of imidazole rings is 1. The SMILES string of the molecule is C=C/C=C(\C)Sc1nc2c(n1CCC)N=C1NC(c3ccccc3)=CN1C2=C. The highest BCUT2D eigenvalue weighted by Gasteiger charge is 2.32. The minimum atomic E-state index is 0.767. The first-order chi connectivity index (χ1) is 13.6. The van der Waals surface area contributed by atoms with Crippen LogP contribution in [0.2, 0.25) is 0 Å². The maximum atomic E-state index is 4.89. The fraction of sp³-hybridized carbons (Fsp3) is 0.182. The molecule has 0 fully saturated rings. The lowest BCUT2D eigenvalue weighted by Gasteiger charge is -2.22. The molecule has 0 bridgehead atoms. The van der Waals surface area contributed by atoms with Gasteiger partial charge in [-0.25, -0.2) is 4.98 Å². The fourth-order valence-corrected chi connectivity index (χ4v) is 4.13. The van der Waals surface area contributed by atoms with Crippen LogP contribution in [0.4, 0.5) is 5.82 Å². The molecule has 0 saturated heterocycles. The molecule has 4 rings (SSSR count). The zero-order valence-electron chi connectivity index (χ0n) is 16.1. The number of nitrogens with one attached hydrogen (secondary N) is 1. The Morgan fingerprint density at radius 3 is 2.79 bits per heavy atom. The van der Waals surface area contributed by atoms with Crippen LogP contribution in [0.25, 0.3) is 11.4 Å². The maximum Gasteiger partial charge on any atom is 0.214 e. The number of hydrogen-bond acceptors (Lipinski definition) is 5. The van der Waals surface area contributed by atoms with E-state index in [1.807, 2.05) is 35.4 Å². The molecule has 6 heteroatoms. The molecule has 28 heavy (non-hydrogen) atoms. The van der Waals surface area contributed by atoms with E-state index in [4.69, 9.17) is 9.98 Å². The van der Waals surface area contributed by atoms with Crippen molar-refractivity contribution in [1.82, 2.24) is 19.8 Å². The molecule has 0 saturated carbocycles. The van der Waals surface area contributed by atoms with Crippen molar-refractivity contribution < 1.29 is 0 Å². The minimum absolute atomic E-state index is 0.767. The summed E-state index contributed by atoms with van der Waals surface area (Å²) in [5.74, 6) is 1.63. The van der Waals surface area contributed by atoms with Gasteiger partial charge >= 0.3 is 0 Å². The Kier molecular flexibility index (Phi) is 4.96. The molecule has 2 aliphatic heterocycles. The molecule has 2 aromatic rings. The van der Waals surface area contributed by atoms with Crippen molar-refractivity contribution in [2.45, 2.75) is 32.0 Å². The van der Waals surface area contributed by atoms with Gasteiger partial charge in [0.1, 0.15) is 5.69 Å². The number of guanidine groups is 1. The highest BCUT2D eigenvalue weighted by atomic mass is 32.2. The molecule has 1 N–H and O–H groups in total. The molecule has 142 valence electrons. The Hall–Kier alpha value is -2.99. The number of thioether (sulfide) groups is 1. The van der Waals surface area contributed by atoms with Crippen molar-refractivity contribution in [3.8, 4) is 0 Å². The predicted octanol–water partition coefficient (Wildman–Crippen LogP) is 5.35. The second-order valence-corrected chi connectivity index (χ2v) is 7.83. The van der Waals surface area contributed by atoms with Gasteiger partial charge in [0.15, 0.2) is 11.0 Å². The lowest BCUT2D eigenvalue weighted by atomic mass is 10.2. The third-order valence-electron chi connectivity index (χ3n) is 4.55. The quantitative estimate of drug-likeness (QED) is 0.534. The number of fused-ring (bicyclic) bond motifs is 2. The molecule has 0 aliphatic carbocycles. The highest BCUT2D eigenvalue weighted by Crippen LogP contribution is 2.40. The molecular weight excluding hydrogens is 366 g/mol. The van der Waals surface area contributed by atoms with Crippen LogP contribution in [0.1, 0.15) is 31.5 Å². The number of aromatic nitrogens is 2. The summed E-state index contributed by atoms with van der Waals surface area (Å²) >= 11 is 1.63. The first-order valence-electron chi connectivity index (χ1n) is 9.31. The smallest absolute Gasteiger partial charge is 0.214 e. The fourth-order valence-electron chi connectivity index (χ4n) is 3.25. The van der Waals surface area contributed by atoms with Gasteiger partial charge in [-0.3, -0.25) is 4.90 Å². The number of rotatable bonds is 6. The van der Waals surface area contributed by atoms with Gasteiger partial charge in [0.2, 0.25) is 5.96 Å². The van der Waals surface area contributed by atoms with Gasteiger partial charge in [-0.05, 0) is 23.8 Å². The average molecular weight is 390 g/mol. The number of hydrogen-bond donors (Lipinski definition) is 1. The molecule has 0 spiro atoms. The Balaban J connectivity index is 1.72. The number of aliphatic imine (C=N–C) groups is 1. The number of benzene rings is 1. The third kappa shape index (κ3) is 3.20. The first kappa shape index (κ1) is 18.4. The van der Waals surface area contributed by atoms with Crippen LogP contribution < -0.4 is 5.32 Å². The summed E-state index contributed by atoms with van der Waals surface area (Å²) in [4.78, 5) is 12.9. The summed E-state index contributed by atoms with van der Waals surface area (Å²) in [6, 6.07) is 10.2. The first-order valence-corrected chi connectivity index (χ1v) is 10.1. The van der Waals surface area contributed by atoms with Gasteiger partial charge in [-0.1, -0.05) is 74.3 Å². The standard InChI is InChI=1S/C22H23N5S/c1-5-10-15(3)28-22-24-19-16(4)27-14-18(17-11-8-7-9-12-17)23-21(27)25-20(19)26(22)13-6-2/h5,7-12,14H,1,4,6,13H2,2-3H3,(H,23,25)/b15-10+. The van der Waals surface area contributed by atoms with Crippen molar-refractivity contribution in [3.63, 3.8) is 0 Å². The van der Waals surface area contributed by atoms with E-state index >= 15 is 0 Å². The molecular formula is C22H23N5S. The van der Waals surface area contributed by atoms with Crippen molar-refractivity contribution in [2.75, 3.05) is 0 Å². The zero-order chi connectivity index (χ0) is 19.7. The van der Waals surface area contributed by atoms with Crippen molar-refractivity contribution in [1.29, 1.82) is 0 Å². The van der Waals surface area contributed by atoms with E-state index < -0.39 is 0 Å². The molecule has 0 atom stereocenters. The summed E-state index contributed by atoms with van der Waals surface area (Å²) in [6.45, 7) is 13.2. The summed E-state index contributed by atoms with van der Waals surface area (Å²) in [5, 5.41) is 4.36. The molecule has 2 aliphatic rings. The van der Waals surface area contributed by atoms with Crippen LogP contribution in [0.5, 0.6) is 0 Å². The van der Waals surface area contributed by atoms with Crippen molar-refractivity contribution in [3.05, 3.63) is 78.0 Å². The Morgan fingerprint density at radius 1 is 1.29 bits per heavy atom. The summed E-state index contributed by atoms with van der Waals surface area (Å²) in [7, 11) is 0. The van der Waals surface area contributed by atoms with Crippen molar-refractivity contribution in [2.24, 2.45) is 4.99 Å². The Morgan fingerprint density at radius 2 is 2.07 bits per heavy atom. The van der Waals surface area contributed by atoms with Gasteiger partial charge in [-0.2, -0.15) is 4.99 Å².